The topological polar surface area (TPSA) is 97.0 Å². The van der Waals surface area contributed by atoms with Crippen molar-refractivity contribution < 1.29 is 23.9 Å². The summed E-state index contributed by atoms with van der Waals surface area (Å²) < 4.78 is 10.7. The zero-order chi connectivity index (χ0) is 29.3. The molecule has 0 aliphatic rings. The fourth-order valence-electron chi connectivity index (χ4n) is 4.38. The van der Waals surface area contributed by atoms with Crippen LogP contribution in [0.2, 0.25) is 0 Å². The first kappa shape index (κ1) is 31.4. The molecule has 0 aliphatic heterocycles. The number of nitrogens with zero attached hydrogens (tertiary/aromatic N) is 1. The van der Waals surface area contributed by atoms with Crippen LogP contribution in [0.1, 0.15) is 63.8 Å². The van der Waals surface area contributed by atoms with Crippen molar-refractivity contribution in [2.75, 3.05) is 19.0 Å². The average Bonchev–Trinajstić information content (AvgIpc) is 2.83. The summed E-state index contributed by atoms with van der Waals surface area (Å²) in [5, 5.41) is 5.71. The highest BCUT2D eigenvalue weighted by Crippen LogP contribution is 2.30. The van der Waals surface area contributed by atoms with Crippen LogP contribution in [0, 0.1) is 19.8 Å². The number of nitrogens with one attached hydrogen (secondary N) is 2. The summed E-state index contributed by atoms with van der Waals surface area (Å²) >= 11 is 0. The zero-order valence-electron chi connectivity index (χ0n) is 24.5. The first-order valence-corrected chi connectivity index (χ1v) is 13.2. The van der Waals surface area contributed by atoms with Crippen molar-refractivity contribution in [1.82, 2.24) is 10.2 Å². The highest BCUT2D eigenvalue weighted by atomic mass is 16.6. The van der Waals surface area contributed by atoms with Gasteiger partial charge in [0.2, 0.25) is 5.91 Å². The third-order valence-corrected chi connectivity index (χ3v) is 6.04. The van der Waals surface area contributed by atoms with E-state index < -0.39 is 29.7 Å². The molecule has 0 saturated heterocycles. The molecule has 2 unspecified atom stereocenters. The molecule has 0 aromatic heterocycles. The van der Waals surface area contributed by atoms with E-state index in [0.29, 0.717) is 17.9 Å². The maximum Gasteiger partial charge on any atom is 0.408 e. The number of amides is 3. The molecule has 2 aromatic carbocycles. The van der Waals surface area contributed by atoms with Gasteiger partial charge in [-0.25, -0.2) is 4.79 Å². The van der Waals surface area contributed by atoms with Crippen LogP contribution in [0.15, 0.2) is 55.1 Å². The van der Waals surface area contributed by atoms with Crippen molar-refractivity contribution in [3.63, 3.8) is 0 Å². The Morgan fingerprint density at radius 1 is 1.03 bits per heavy atom. The van der Waals surface area contributed by atoms with Crippen molar-refractivity contribution in [3.8, 4) is 5.75 Å². The molecule has 2 aromatic rings. The van der Waals surface area contributed by atoms with Crippen LogP contribution < -0.4 is 15.4 Å². The largest absolute Gasteiger partial charge is 0.497 e. The number of carbonyl (C=O) groups is 3. The summed E-state index contributed by atoms with van der Waals surface area (Å²) in [5.41, 5.74) is 2.29. The Bertz CT molecular complexity index is 1130. The fraction of sp³-hybridized carbons (Fsp3) is 0.452. The number of benzene rings is 2. The minimum absolute atomic E-state index is 0.0891. The predicted octanol–water partition coefficient (Wildman–Crippen LogP) is 5.95. The van der Waals surface area contributed by atoms with Crippen LogP contribution in [0.3, 0.4) is 0 Å². The van der Waals surface area contributed by atoms with Gasteiger partial charge in [0, 0.05) is 12.2 Å². The molecular weight excluding hydrogens is 494 g/mol. The molecule has 3 amide bonds. The molecule has 0 bridgehead atoms. The number of carbonyl (C=O) groups excluding carboxylic acids is 3. The van der Waals surface area contributed by atoms with Gasteiger partial charge in [-0.3, -0.25) is 9.59 Å². The number of alkyl carbamates (subject to hydrolysis) is 1. The average molecular weight is 538 g/mol. The van der Waals surface area contributed by atoms with Gasteiger partial charge in [0.1, 0.15) is 23.4 Å². The molecule has 2 atom stereocenters. The van der Waals surface area contributed by atoms with E-state index in [2.05, 4.69) is 17.2 Å². The van der Waals surface area contributed by atoms with Crippen LogP contribution >= 0.6 is 0 Å². The van der Waals surface area contributed by atoms with E-state index in [1.54, 1.807) is 58.2 Å². The van der Waals surface area contributed by atoms with Crippen LogP contribution in [-0.4, -0.2) is 48.1 Å². The van der Waals surface area contributed by atoms with E-state index in [9.17, 15) is 14.4 Å². The zero-order valence-corrected chi connectivity index (χ0v) is 24.5. The predicted molar refractivity (Wildman–Crippen MR) is 155 cm³/mol. The first-order valence-electron chi connectivity index (χ1n) is 13.2. The Morgan fingerprint density at radius 2 is 1.62 bits per heavy atom. The van der Waals surface area contributed by atoms with Crippen molar-refractivity contribution in [1.29, 1.82) is 0 Å². The van der Waals surface area contributed by atoms with Gasteiger partial charge in [-0.1, -0.05) is 38.1 Å². The third-order valence-electron chi connectivity index (χ3n) is 6.04. The number of ether oxygens (including phenoxy) is 2. The molecule has 2 N–H and O–H groups in total. The minimum Gasteiger partial charge on any atom is -0.497 e. The molecular formula is C31H43N3O5. The fourth-order valence-corrected chi connectivity index (χ4v) is 4.38. The number of hydrogen-bond acceptors (Lipinski definition) is 5. The molecule has 0 saturated carbocycles. The monoisotopic (exact) mass is 537 g/mol. The first-order chi connectivity index (χ1) is 18.3. The normalized spacial score (nSPS) is 12.7. The van der Waals surface area contributed by atoms with Gasteiger partial charge in [-0.2, -0.15) is 0 Å². The molecule has 0 spiro atoms. The molecule has 2 rings (SSSR count). The standard InChI is InChI=1S/C31H43N3O5/c1-10-18-34(29(36)25(19-20(2)3)33-30(37)39-31(6,7)8)27(26-21(4)12-11-13-22(26)5)28(35)32-23-14-16-24(38-9)17-15-23/h10-17,20,25,27H,1,18-19H2,2-9H3,(H,32,35)(H,33,37). The SMILES string of the molecule is C=CCN(C(=O)C(CC(C)C)NC(=O)OC(C)(C)C)C(C(=O)Nc1ccc(OC)cc1)c1c(C)cccc1C. The molecule has 39 heavy (non-hydrogen) atoms. The van der Waals surface area contributed by atoms with Gasteiger partial charge in [-0.05, 0) is 87.9 Å². The van der Waals surface area contributed by atoms with Gasteiger partial charge >= 0.3 is 6.09 Å². The smallest absolute Gasteiger partial charge is 0.408 e. The lowest BCUT2D eigenvalue weighted by Gasteiger charge is -2.35. The molecule has 8 nitrogen and oxygen atoms in total. The molecule has 212 valence electrons. The summed E-state index contributed by atoms with van der Waals surface area (Å²) in [7, 11) is 1.57. The van der Waals surface area contributed by atoms with Crippen molar-refractivity contribution >= 4 is 23.6 Å². The van der Waals surface area contributed by atoms with Crippen molar-refractivity contribution in [2.24, 2.45) is 5.92 Å². The highest BCUT2D eigenvalue weighted by Gasteiger charge is 2.37. The number of anilines is 1. The maximum atomic E-state index is 14.2. The van der Waals surface area contributed by atoms with E-state index in [-0.39, 0.29) is 18.4 Å². The van der Waals surface area contributed by atoms with E-state index in [1.165, 1.54) is 4.90 Å². The molecule has 0 heterocycles. The lowest BCUT2D eigenvalue weighted by Crippen LogP contribution is -2.53. The molecule has 0 fully saturated rings. The summed E-state index contributed by atoms with van der Waals surface area (Å²) in [6, 6.07) is 10.8. The Hall–Kier alpha value is -3.81. The van der Waals surface area contributed by atoms with Gasteiger partial charge in [0.25, 0.3) is 5.91 Å². The quantitative estimate of drug-likeness (QED) is 0.346. The van der Waals surface area contributed by atoms with E-state index in [0.717, 1.165) is 16.7 Å². The second kappa shape index (κ2) is 13.8. The van der Waals surface area contributed by atoms with Crippen molar-refractivity contribution in [2.45, 2.75) is 72.6 Å². The number of methoxy groups -OCH3 is 1. The second-order valence-corrected chi connectivity index (χ2v) is 11.0. The molecule has 8 heteroatoms. The number of aryl methyl sites for hydroxylation is 2. The lowest BCUT2D eigenvalue weighted by molar-refractivity contribution is -0.140. The Labute approximate surface area is 232 Å². The van der Waals surface area contributed by atoms with E-state index in [1.807, 2.05) is 45.9 Å². The summed E-state index contributed by atoms with van der Waals surface area (Å²) in [5.74, 6) is -0.0286. The number of hydrogen-bond donors (Lipinski definition) is 2. The van der Waals surface area contributed by atoms with Gasteiger partial charge in [0.15, 0.2) is 0 Å². The maximum absolute atomic E-state index is 14.2. The Kier molecular flexibility index (Phi) is 11.1. The van der Waals surface area contributed by atoms with Gasteiger partial charge < -0.3 is 25.0 Å². The van der Waals surface area contributed by atoms with Crippen LogP contribution in [0.25, 0.3) is 0 Å². The van der Waals surface area contributed by atoms with Crippen LogP contribution in [0.4, 0.5) is 10.5 Å². The van der Waals surface area contributed by atoms with Gasteiger partial charge in [0.05, 0.1) is 7.11 Å². The summed E-state index contributed by atoms with van der Waals surface area (Å²) in [4.78, 5) is 42.3. The Balaban J connectivity index is 2.56. The van der Waals surface area contributed by atoms with Crippen LogP contribution in [-0.2, 0) is 14.3 Å². The lowest BCUT2D eigenvalue weighted by atomic mass is 9.93. The number of rotatable bonds is 11. The summed E-state index contributed by atoms with van der Waals surface area (Å²) in [6.07, 6.45) is 1.26. The molecule has 0 aliphatic carbocycles. The molecule has 0 radical (unpaired) electrons. The van der Waals surface area contributed by atoms with E-state index >= 15 is 0 Å². The Morgan fingerprint density at radius 3 is 2.10 bits per heavy atom. The van der Waals surface area contributed by atoms with E-state index in [4.69, 9.17) is 9.47 Å². The summed E-state index contributed by atoms with van der Waals surface area (Å²) in [6.45, 7) is 17.0. The highest BCUT2D eigenvalue weighted by molar-refractivity contribution is 5.99. The second-order valence-electron chi connectivity index (χ2n) is 11.0. The van der Waals surface area contributed by atoms with Gasteiger partial charge in [-0.15, -0.1) is 6.58 Å². The third kappa shape index (κ3) is 9.16. The minimum atomic E-state index is -0.978. The van der Waals surface area contributed by atoms with Crippen LogP contribution in [0.5, 0.6) is 5.75 Å². The van der Waals surface area contributed by atoms with Crippen molar-refractivity contribution in [3.05, 3.63) is 71.8 Å².